The zero-order valence-electron chi connectivity index (χ0n) is 13.2. The molecule has 0 radical (unpaired) electrons. The number of nitrogens with zero attached hydrogens (tertiary/aromatic N) is 2. The second-order valence-corrected chi connectivity index (χ2v) is 6.33. The molecule has 1 N–H and O–H groups in total. The van der Waals surface area contributed by atoms with Crippen molar-refractivity contribution in [3.63, 3.8) is 0 Å². The molecule has 0 aromatic heterocycles. The Hall–Kier alpha value is -1.96. The van der Waals surface area contributed by atoms with Gasteiger partial charge in [-0.2, -0.15) is 0 Å². The lowest BCUT2D eigenvalue weighted by Gasteiger charge is -2.32. The second kappa shape index (κ2) is 5.92. The lowest BCUT2D eigenvalue weighted by molar-refractivity contribution is -0.384. The van der Waals surface area contributed by atoms with Gasteiger partial charge in [-0.15, -0.1) is 0 Å². The molecule has 124 valence electrons. The van der Waals surface area contributed by atoms with Crippen molar-refractivity contribution in [1.82, 2.24) is 4.90 Å². The molecule has 1 fully saturated rings. The topological polar surface area (TPSA) is 85.1 Å². The SMILES string of the molecule is CC(C)(O)/C=C1/Oc2ccc([N+](=O)[O-])cc2C1N1CCOCC1. The van der Waals surface area contributed by atoms with Crippen LogP contribution in [0.3, 0.4) is 0 Å². The molecule has 0 saturated carbocycles. The zero-order valence-corrected chi connectivity index (χ0v) is 13.2. The van der Waals surface area contributed by atoms with Gasteiger partial charge in [0.1, 0.15) is 11.5 Å². The summed E-state index contributed by atoms with van der Waals surface area (Å²) in [5.74, 6) is 1.21. The van der Waals surface area contributed by atoms with Crippen molar-refractivity contribution in [3.05, 3.63) is 45.7 Å². The number of hydrogen-bond acceptors (Lipinski definition) is 6. The van der Waals surface area contributed by atoms with E-state index in [1.807, 2.05) is 0 Å². The standard InChI is InChI=1S/C16H20N2O5/c1-16(2,19)10-14-15(17-5-7-22-8-6-17)12-9-11(18(20)21)3-4-13(12)23-14/h3-4,9-10,15,19H,5-8H2,1-2H3/b14-10+. The summed E-state index contributed by atoms with van der Waals surface area (Å²) < 4.78 is 11.3. The molecule has 1 unspecified atom stereocenters. The maximum Gasteiger partial charge on any atom is 0.270 e. The van der Waals surface area contributed by atoms with Gasteiger partial charge in [-0.1, -0.05) is 0 Å². The summed E-state index contributed by atoms with van der Waals surface area (Å²) >= 11 is 0. The molecule has 7 heteroatoms. The number of ether oxygens (including phenoxy) is 2. The Morgan fingerprint density at radius 3 is 2.70 bits per heavy atom. The second-order valence-electron chi connectivity index (χ2n) is 6.33. The van der Waals surface area contributed by atoms with Crippen molar-refractivity contribution in [2.45, 2.75) is 25.5 Å². The monoisotopic (exact) mass is 320 g/mol. The minimum Gasteiger partial charge on any atom is -0.460 e. The number of rotatable bonds is 3. The van der Waals surface area contributed by atoms with Crippen LogP contribution >= 0.6 is 0 Å². The Balaban J connectivity index is 2.04. The molecule has 23 heavy (non-hydrogen) atoms. The van der Waals surface area contributed by atoms with Crippen LogP contribution in [0.25, 0.3) is 0 Å². The third kappa shape index (κ3) is 3.36. The van der Waals surface area contributed by atoms with Crippen molar-refractivity contribution < 1.29 is 19.5 Å². The first-order valence-corrected chi connectivity index (χ1v) is 7.58. The lowest BCUT2D eigenvalue weighted by Crippen LogP contribution is -2.39. The van der Waals surface area contributed by atoms with Crippen molar-refractivity contribution in [3.8, 4) is 5.75 Å². The summed E-state index contributed by atoms with van der Waals surface area (Å²) in [5, 5.41) is 21.2. The van der Waals surface area contributed by atoms with E-state index in [1.54, 1.807) is 32.1 Å². The number of nitro benzene ring substituents is 1. The predicted molar refractivity (Wildman–Crippen MR) is 83.2 cm³/mol. The predicted octanol–water partition coefficient (Wildman–Crippen LogP) is 2.02. The summed E-state index contributed by atoms with van der Waals surface area (Å²) in [6.45, 7) is 5.97. The molecular formula is C16H20N2O5. The van der Waals surface area contributed by atoms with Crippen LogP contribution in [0.1, 0.15) is 25.5 Å². The number of nitro groups is 1. The van der Waals surface area contributed by atoms with Gasteiger partial charge in [0.25, 0.3) is 5.69 Å². The fourth-order valence-electron chi connectivity index (χ4n) is 2.96. The summed E-state index contributed by atoms with van der Waals surface area (Å²) in [5.41, 5.74) is -0.236. The van der Waals surface area contributed by atoms with E-state index in [4.69, 9.17) is 9.47 Å². The van der Waals surface area contributed by atoms with Gasteiger partial charge in [0, 0.05) is 30.8 Å². The summed E-state index contributed by atoms with van der Waals surface area (Å²) in [6, 6.07) is 4.37. The van der Waals surface area contributed by atoms with E-state index in [9.17, 15) is 15.2 Å². The fraction of sp³-hybridized carbons (Fsp3) is 0.500. The first-order valence-electron chi connectivity index (χ1n) is 7.58. The van der Waals surface area contributed by atoms with E-state index in [0.717, 1.165) is 5.56 Å². The Labute approximate surface area is 134 Å². The molecule has 7 nitrogen and oxygen atoms in total. The van der Waals surface area contributed by atoms with Crippen LogP contribution in [-0.4, -0.2) is 46.8 Å². The smallest absolute Gasteiger partial charge is 0.270 e. The van der Waals surface area contributed by atoms with Crippen LogP contribution in [-0.2, 0) is 4.74 Å². The van der Waals surface area contributed by atoms with Crippen LogP contribution in [0.15, 0.2) is 30.0 Å². The quantitative estimate of drug-likeness (QED) is 0.677. The molecule has 0 spiro atoms. The molecule has 3 rings (SSSR count). The largest absolute Gasteiger partial charge is 0.460 e. The van der Waals surface area contributed by atoms with E-state index in [2.05, 4.69) is 4.90 Å². The minimum absolute atomic E-state index is 0.0371. The molecule has 1 saturated heterocycles. The van der Waals surface area contributed by atoms with Crippen LogP contribution in [0, 0.1) is 10.1 Å². The summed E-state index contributed by atoms with van der Waals surface area (Å²) in [6.07, 6.45) is 1.67. The zero-order chi connectivity index (χ0) is 16.6. The number of hydrogen-bond donors (Lipinski definition) is 1. The average Bonchev–Trinajstić information content (AvgIpc) is 2.82. The maximum atomic E-state index is 11.1. The van der Waals surface area contributed by atoms with Gasteiger partial charge in [0.2, 0.25) is 0 Å². The summed E-state index contributed by atoms with van der Waals surface area (Å²) in [7, 11) is 0. The van der Waals surface area contributed by atoms with E-state index < -0.39 is 10.5 Å². The molecule has 1 atom stereocenters. The highest BCUT2D eigenvalue weighted by Gasteiger charge is 2.37. The molecule has 2 aliphatic rings. The molecular weight excluding hydrogens is 300 g/mol. The van der Waals surface area contributed by atoms with E-state index in [0.29, 0.717) is 37.8 Å². The Morgan fingerprint density at radius 1 is 1.39 bits per heavy atom. The van der Waals surface area contributed by atoms with Crippen LogP contribution in [0.4, 0.5) is 5.69 Å². The maximum absolute atomic E-state index is 11.1. The summed E-state index contributed by atoms with van der Waals surface area (Å²) in [4.78, 5) is 12.8. The first kappa shape index (κ1) is 15.9. The van der Waals surface area contributed by atoms with E-state index in [-0.39, 0.29) is 11.7 Å². The van der Waals surface area contributed by atoms with Crippen molar-refractivity contribution >= 4 is 5.69 Å². The number of non-ortho nitro benzene ring substituents is 1. The molecule has 1 aromatic carbocycles. The third-order valence-corrected chi connectivity index (χ3v) is 3.90. The Morgan fingerprint density at radius 2 is 2.09 bits per heavy atom. The van der Waals surface area contributed by atoms with E-state index >= 15 is 0 Å². The van der Waals surface area contributed by atoms with Gasteiger partial charge in [0.05, 0.1) is 29.8 Å². The number of morpholine rings is 1. The van der Waals surface area contributed by atoms with Crippen molar-refractivity contribution in [2.24, 2.45) is 0 Å². The van der Waals surface area contributed by atoms with Crippen molar-refractivity contribution in [2.75, 3.05) is 26.3 Å². The molecule has 0 aliphatic carbocycles. The van der Waals surface area contributed by atoms with Gasteiger partial charge >= 0.3 is 0 Å². The van der Waals surface area contributed by atoms with Gasteiger partial charge in [-0.25, -0.2) is 0 Å². The van der Waals surface area contributed by atoms with E-state index in [1.165, 1.54) is 6.07 Å². The van der Waals surface area contributed by atoms with Crippen molar-refractivity contribution in [1.29, 1.82) is 0 Å². The number of aliphatic hydroxyl groups is 1. The molecule has 1 aromatic rings. The third-order valence-electron chi connectivity index (χ3n) is 3.90. The Bertz CT molecular complexity index is 644. The highest BCUT2D eigenvalue weighted by molar-refractivity contribution is 5.52. The van der Waals surface area contributed by atoms with Gasteiger partial charge < -0.3 is 14.6 Å². The van der Waals surface area contributed by atoms with Gasteiger partial charge in [0.15, 0.2) is 0 Å². The highest BCUT2D eigenvalue weighted by atomic mass is 16.6. The Kier molecular flexibility index (Phi) is 4.09. The number of fused-ring (bicyclic) bond motifs is 1. The van der Waals surface area contributed by atoms with Crippen LogP contribution < -0.4 is 4.74 Å². The van der Waals surface area contributed by atoms with Gasteiger partial charge in [-0.3, -0.25) is 15.0 Å². The first-order chi connectivity index (χ1) is 10.8. The molecule has 0 bridgehead atoms. The van der Waals surface area contributed by atoms with Crippen LogP contribution in [0.5, 0.6) is 5.75 Å². The normalized spacial score (nSPS) is 23.6. The minimum atomic E-state index is -1.03. The fourth-order valence-corrected chi connectivity index (χ4v) is 2.96. The average molecular weight is 320 g/mol. The highest BCUT2D eigenvalue weighted by Crippen LogP contribution is 2.45. The molecule has 0 amide bonds. The number of benzene rings is 1. The molecule has 2 aliphatic heterocycles. The molecule has 2 heterocycles. The lowest BCUT2D eigenvalue weighted by atomic mass is 10.0. The van der Waals surface area contributed by atoms with Crippen LogP contribution in [0.2, 0.25) is 0 Å². The van der Waals surface area contributed by atoms with Gasteiger partial charge in [-0.05, 0) is 26.0 Å².